The largest absolute Gasteiger partial charge is 0.481 e. The van der Waals surface area contributed by atoms with Crippen molar-refractivity contribution in [3.63, 3.8) is 0 Å². The Labute approximate surface area is 251 Å². The number of hydrogen-bond donors (Lipinski definition) is 2. The molecule has 1 aromatic heterocycles. The van der Waals surface area contributed by atoms with Gasteiger partial charge in [-0.1, -0.05) is 23.7 Å². The van der Waals surface area contributed by atoms with Gasteiger partial charge >= 0.3 is 11.9 Å². The van der Waals surface area contributed by atoms with E-state index in [0.29, 0.717) is 66.5 Å². The topological polar surface area (TPSA) is 111 Å². The van der Waals surface area contributed by atoms with Crippen LogP contribution < -0.4 is 5.32 Å². The van der Waals surface area contributed by atoms with E-state index in [0.717, 1.165) is 0 Å². The molecule has 41 heavy (non-hydrogen) atoms. The number of carbonyl (C=O) groups is 2. The van der Waals surface area contributed by atoms with Crippen LogP contribution in [0.5, 0.6) is 0 Å². The summed E-state index contributed by atoms with van der Waals surface area (Å²) in [6, 6.07) is 3.59. The van der Waals surface area contributed by atoms with Crippen LogP contribution >= 0.6 is 35.2 Å². The molecule has 3 aliphatic heterocycles. The summed E-state index contributed by atoms with van der Waals surface area (Å²) < 4.78 is 19.7. The summed E-state index contributed by atoms with van der Waals surface area (Å²) >= 11 is 13.5. The van der Waals surface area contributed by atoms with Crippen molar-refractivity contribution in [2.24, 2.45) is 10.4 Å². The molecule has 1 aromatic carbocycles. The maximum atomic E-state index is 14.5. The third-order valence-corrected chi connectivity index (χ3v) is 9.17. The molecule has 0 saturated carbocycles. The Morgan fingerprint density at radius 1 is 1.32 bits per heavy atom. The van der Waals surface area contributed by atoms with E-state index in [1.807, 2.05) is 10.3 Å². The third kappa shape index (κ3) is 5.81. The predicted octanol–water partition coefficient (Wildman–Crippen LogP) is 3.15. The van der Waals surface area contributed by atoms with Gasteiger partial charge in [0.1, 0.15) is 11.9 Å². The lowest BCUT2D eigenvalue weighted by molar-refractivity contribution is -0.147. The smallest absolute Gasteiger partial charge is 0.338 e. The van der Waals surface area contributed by atoms with Gasteiger partial charge in [0.05, 0.1) is 29.2 Å². The molecule has 4 heterocycles. The van der Waals surface area contributed by atoms with Crippen molar-refractivity contribution in [1.82, 2.24) is 25.0 Å². The van der Waals surface area contributed by atoms with Crippen molar-refractivity contribution >= 4 is 58.0 Å². The Morgan fingerprint density at radius 2 is 2.10 bits per heavy atom. The van der Waals surface area contributed by atoms with Gasteiger partial charge < -0.3 is 25.0 Å². The zero-order chi connectivity index (χ0) is 29.5. The fourth-order valence-electron chi connectivity index (χ4n) is 5.36. The van der Waals surface area contributed by atoms with Crippen molar-refractivity contribution in [2.75, 3.05) is 46.4 Å². The maximum Gasteiger partial charge on any atom is 0.338 e. The number of aliphatic imine (C=N–C) groups is 1. The van der Waals surface area contributed by atoms with Gasteiger partial charge in [-0.05, 0) is 32.1 Å². The number of hydrogen-bond acceptors (Lipinski definition) is 9. The quantitative estimate of drug-likeness (QED) is 0.337. The molecule has 2 aromatic rings. The number of rotatable bonds is 8. The van der Waals surface area contributed by atoms with Crippen LogP contribution in [0.1, 0.15) is 30.5 Å². The van der Waals surface area contributed by atoms with Gasteiger partial charge in [0, 0.05) is 62.1 Å². The molecule has 2 unspecified atom stereocenters. The van der Waals surface area contributed by atoms with Crippen LogP contribution in [0.25, 0.3) is 0 Å². The highest BCUT2D eigenvalue weighted by atomic mass is 35.5. The van der Waals surface area contributed by atoms with Crippen LogP contribution in [0.15, 0.2) is 46.0 Å². The monoisotopic (exact) mass is 620 g/mol. The van der Waals surface area contributed by atoms with Crippen LogP contribution in [-0.4, -0.2) is 100 Å². The highest BCUT2D eigenvalue weighted by Gasteiger charge is 2.42. The van der Waals surface area contributed by atoms with Crippen LogP contribution in [0, 0.1) is 11.2 Å². The molecular formula is C27H30ClFN6O4S2. The van der Waals surface area contributed by atoms with Crippen LogP contribution in [0.4, 0.5) is 4.39 Å². The van der Waals surface area contributed by atoms with Crippen molar-refractivity contribution in [1.29, 1.82) is 0 Å². The van der Waals surface area contributed by atoms with Crippen LogP contribution in [0.2, 0.25) is 5.02 Å². The number of esters is 1. The molecule has 0 radical (unpaired) electrons. The Balaban J connectivity index is 1.44. The lowest BCUT2D eigenvalue weighted by Crippen LogP contribution is -2.53. The highest BCUT2D eigenvalue weighted by molar-refractivity contribution is 7.80. The Morgan fingerprint density at radius 3 is 2.78 bits per heavy atom. The molecule has 0 aliphatic carbocycles. The van der Waals surface area contributed by atoms with Gasteiger partial charge in [0.25, 0.3) is 0 Å². The van der Waals surface area contributed by atoms with Gasteiger partial charge in [-0.15, -0.1) is 11.3 Å². The number of nitrogens with one attached hydrogen (secondary N) is 1. The minimum Gasteiger partial charge on any atom is -0.481 e. The number of amidine groups is 1. The molecule has 0 bridgehead atoms. The number of halogens is 2. The second-order valence-corrected chi connectivity index (χ2v) is 12.4. The standard InChI is InChI=1S/C27H30ClFN6O4S2/c1-27(2,25(37)38)14-34-12-15-11-33(8-9-35(15)26(34)40)13-18-19(24(36)39-3)21(16-5-4-6-17(29)20(16)28)32-22(31-18)23-30-7-10-41-23/h4-7,10,15,21H,8-9,11-14H2,1-3H3,(H,31,32)(H,37,38). The van der Waals surface area contributed by atoms with E-state index >= 15 is 0 Å². The number of thiazole rings is 1. The van der Waals surface area contributed by atoms with Crippen LogP contribution in [-0.2, 0) is 14.3 Å². The molecule has 0 amide bonds. The summed E-state index contributed by atoms with van der Waals surface area (Å²) in [5.41, 5.74) is 0.223. The lowest BCUT2D eigenvalue weighted by atomic mass is 9.93. The summed E-state index contributed by atoms with van der Waals surface area (Å²) in [7, 11) is 1.29. The van der Waals surface area contributed by atoms with E-state index in [9.17, 15) is 19.1 Å². The minimum atomic E-state index is -0.941. The number of carbonyl (C=O) groups excluding carboxylic acids is 1. The molecule has 3 aliphatic rings. The fourth-order valence-corrected chi connectivity index (χ4v) is 6.56. The second-order valence-electron chi connectivity index (χ2n) is 10.8. The van der Waals surface area contributed by atoms with Crippen molar-refractivity contribution in [3.8, 4) is 0 Å². The Kier molecular flexibility index (Phi) is 8.33. The van der Waals surface area contributed by atoms with Crippen LogP contribution in [0.3, 0.4) is 0 Å². The Hall–Kier alpha value is -3.13. The molecule has 10 nitrogen and oxygen atoms in total. The normalized spacial score (nSPS) is 21.5. The molecule has 2 saturated heterocycles. The number of fused-ring (bicyclic) bond motifs is 1. The summed E-state index contributed by atoms with van der Waals surface area (Å²) in [5, 5.41) is 15.9. The molecule has 0 spiro atoms. The number of carboxylic acid groups (broad SMARTS) is 1. The fraction of sp³-hybridized carbons (Fsp3) is 0.444. The third-order valence-electron chi connectivity index (χ3n) is 7.50. The van der Waals surface area contributed by atoms with Gasteiger partial charge in [-0.2, -0.15) is 0 Å². The first-order chi connectivity index (χ1) is 19.5. The van der Waals surface area contributed by atoms with E-state index in [1.165, 1.54) is 30.6 Å². The zero-order valence-corrected chi connectivity index (χ0v) is 25.2. The summed E-state index contributed by atoms with van der Waals surface area (Å²) in [5.74, 6) is -1.62. The number of methoxy groups -OCH3 is 1. The molecule has 2 N–H and O–H groups in total. The van der Waals surface area contributed by atoms with Crippen molar-refractivity contribution in [3.05, 3.63) is 62.5 Å². The molecular weight excluding hydrogens is 591 g/mol. The van der Waals surface area contributed by atoms with E-state index in [2.05, 4.69) is 20.1 Å². The molecule has 5 rings (SSSR count). The highest BCUT2D eigenvalue weighted by Crippen LogP contribution is 2.37. The van der Waals surface area contributed by atoms with E-state index < -0.39 is 29.2 Å². The van der Waals surface area contributed by atoms with Gasteiger partial charge in [0.2, 0.25) is 0 Å². The second kappa shape index (κ2) is 11.6. The molecule has 2 atom stereocenters. The van der Waals surface area contributed by atoms with Crippen molar-refractivity contribution < 1.29 is 23.8 Å². The molecule has 14 heteroatoms. The lowest BCUT2D eigenvalue weighted by Gasteiger charge is -2.38. The number of aliphatic carboxylic acids is 1. The Bertz CT molecular complexity index is 1430. The predicted molar refractivity (Wildman–Crippen MR) is 158 cm³/mol. The van der Waals surface area contributed by atoms with Gasteiger partial charge in [-0.25, -0.2) is 14.2 Å². The number of carboxylic acids is 1. The number of nitrogens with zero attached hydrogens (tertiary/aromatic N) is 5. The summed E-state index contributed by atoms with van der Waals surface area (Å²) in [6.07, 6.45) is 1.66. The first kappa shape index (κ1) is 29.4. The van der Waals surface area contributed by atoms with Gasteiger partial charge in [-0.3, -0.25) is 14.7 Å². The molecule has 2 fully saturated rings. The summed E-state index contributed by atoms with van der Waals surface area (Å²) in [4.78, 5) is 40.4. The minimum absolute atomic E-state index is 0.0622. The first-order valence-electron chi connectivity index (χ1n) is 13.0. The number of thiocarbonyl (C=S) groups is 1. The average molecular weight is 621 g/mol. The van der Waals surface area contributed by atoms with Gasteiger partial charge in [0.15, 0.2) is 16.0 Å². The SMILES string of the molecule is COC(=O)C1=C(CN2CCN3C(=S)N(CC(C)(C)C(=O)O)CC3C2)NC(c2nccs2)=NC1c1cccc(F)c1Cl. The summed E-state index contributed by atoms with van der Waals surface area (Å²) in [6.45, 7) is 6.62. The van der Waals surface area contributed by atoms with E-state index in [-0.39, 0.29) is 16.6 Å². The number of piperazine rings is 1. The first-order valence-corrected chi connectivity index (χ1v) is 14.7. The average Bonchev–Trinajstić information content (AvgIpc) is 3.58. The maximum absolute atomic E-state index is 14.5. The number of benzene rings is 1. The number of aromatic nitrogens is 1. The van der Waals surface area contributed by atoms with Crippen molar-refractivity contribution in [2.45, 2.75) is 25.9 Å². The van der Waals surface area contributed by atoms with E-state index in [4.69, 9.17) is 33.5 Å². The zero-order valence-electron chi connectivity index (χ0n) is 22.8. The number of ether oxygens (including phenoxy) is 1. The van der Waals surface area contributed by atoms with E-state index in [1.54, 1.807) is 26.1 Å². The molecule has 218 valence electrons.